The van der Waals surface area contributed by atoms with Crippen molar-refractivity contribution in [1.29, 1.82) is 0 Å². The second-order valence-corrected chi connectivity index (χ2v) is 1.87. The van der Waals surface area contributed by atoms with E-state index in [1.54, 1.807) is 6.08 Å². The normalized spacial score (nSPS) is 9.88. The molecule has 0 fully saturated rings. The summed E-state index contributed by atoms with van der Waals surface area (Å²) in [5, 5.41) is 0. The molecule has 0 saturated carbocycles. The molecule has 0 aliphatic carbocycles. The Balaban J connectivity index is 2.81. The van der Waals surface area contributed by atoms with Gasteiger partial charge in [0.15, 0.2) is 0 Å². The Morgan fingerprint density at radius 3 is 2.62 bits per heavy atom. The van der Waals surface area contributed by atoms with Gasteiger partial charge in [-0.3, -0.25) is 4.90 Å². The van der Waals surface area contributed by atoms with E-state index in [0.717, 1.165) is 0 Å². The summed E-state index contributed by atoms with van der Waals surface area (Å²) in [4.78, 5) is 1.96. The van der Waals surface area contributed by atoms with Crippen molar-refractivity contribution in [3.05, 3.63) is 12.7 Å². The molecular formula is C6H13NO. The fourth-order valence-corrected chi connectivity index (χ4v) is 0.319. The molecule has 0 unspecified atom stereocenters. The second kappa shape index (κ2) is 4.81. The first-order valence-electron chi connectivity index (χ1n) is 2.60. The minimum atomic E-state index is 0.637. The number of hydrogen-bond acceptors (Lipinski definition) is 2. The quantitative estimate of drug-likeness (QED) is 0.304. The van der Waals surface area contributed by atoms with Crippen molar-refractivity contribution < 1.29 is 4.74 Å². The highest BCUT2D eigenvalue weighted by Crippen LogP contribution is 1.76. The van der Waals surface area contributed by atoms with Crippen LogP contribution < -0.4 is 0 Å². The third kappa shape index (κ3) is 5.66. The average Bonchev–Trinajstić information content (AvgIpc) is 1.66. The first-order chi connectivity index (χ1) is 3.77. The first-order valence-corrected chi connectivity index (χ1v) is 2.60. The molecule has 0 atom stereocenters. The number of nitrogens with zero attached hydrogens (tertiary/aromatic N) is 1. The van der Waals surface area contributed by atoms with Crippen LogP contribution in [0.15, 0.2) is 12.7 Å². The van der Waals surface area contributed by atoms with Gasteiger partial charge >= 0.3 is 0 Å². The van der Waals surface area contributed by atoms with Gasteiger partial charge in [0.1, 0.15) is 0 Å². The Hall–Kier alpha value is -0.340. The van der Waals surface area contributed by atoms with Crippen LogP contribution in [-0.2, 0) is 4.74 Å². The molecule has 0 aromatic heterocycles. The summed E-state index contributed by atoms with van der Waals surface area (Å²) in [7, 11) is 3.92. The fourth-order valence-electron chi connectivity index (χ4n) is 0.319. The standard InChI is InChI=1S/C6H13NO/c1-4-5-8-6-7(2)3/h4H,1,5-6H2,2-3H3. The molecule has 0 amide bonds. The lowest BCUT2D eigenvalue weighted by Gasteiger charge is -2.07. The van der Waals surface area contributed by atoms with Crippen molar-refractivity contribution in [2.24, 2.45) is 0 Å². The minimum Gasteiger partial charge on any atom is -0.362 e. The molecule has 0 N–H and O–H groups in total. The smallest absolute Gasteiger partial charge is 0.0989 e. The van der Waals surface area contributed by atoms with Gasteiger partial charge in [0, 0.05) is 0 Å². The van der Waals surface area contributed by atoms with Gasteiger partial charge < -0.3 is 4.74 Å². The largest absolute Gasteiger partial charge is 0.362 e. The highest BCUT2D eigenvalue weighted by Gasteiger charge is 1.83. The van der Waals surface area contributed by atoms with Crippen LogP contribution in [0.3, 0.4) is 0 Å². The van der Waals surface area contributed by atoms with Gasteiger partial charge in [0.25, 0.3) is 0 Å². The van der Waals surface area contributed by atoms with Gasteiger partial charge in [-0.05, 0) is 14.1 Å². The van der Waals surface area contributed by atoms with Gasteiger partial charge in [-0.1, -0.05) is 6.08 Å². The average molecular weight is 115 g/mol. The maximum Gasteiger partial charge on any atom is 0.0989 e. The molecule has 2 nitrogen and oxygen atoms in total. The first kappa shape index (κ1) is 7.66. The molecule has 0 saturated heterocycles. The van der Waals surface area contributed by atoms with Crippen LogP contribution in [0.2, 0.25) is 0 Å². The van der Waals surface area contributed by atoms with E-state index in [1.165, 1.54) is 0 Å². The summed E-state index contributed by atoms with van der Waals surface area (Å²) >= 11 is 0. The number of rotatable bonds is 4. The van der Waals surface area contributed by atoms with Crippen LogP contribution in [0.4, 0.5) is 0 Å². The number of ether oxygens (including phenoxy) is 1. The Kier molecular flexibility index (Phi) is 4.61. The highest BCUT2D eigenvalue weighted by molar-refractivity contribution is 4.63. The van der Waals surface area contributed by atoms with Crippen molar-refractivity contribution in [2.45, 2.75) is 0 Å². The molecule has 0 spiro atoms. The highest BCUT2D eigenvalue weighted by atomic mass is 16.5. The van der Waals surface area contributed by atoms with E-state index in [1.807, 2.05) is 19.0 Å². The summed E-state index contributed by atoms with van der Waals surface area (Å²) in [5.74, 6) is 0. The fraction of sp³-hybridized carbons (Fsp3) is 0.667. The van der Waals surface area contributed by atoms with Gasteiger partial charge in [0.2, 0.25) is 0 Å². The summed E-state index contributed by atoms with van der Waals surface area (Å²) in [6.45, 7) is 4.82. The molecule has 48 valence electrons. The molecule has 0 aliphatic heterocycles. The van der Waals surface area contributed by atoms with Crippen LogP contribution in [0.1, 0.15) is 0 Å². The molecular weight excluding hydrogens is 102 g/mol. The van der Waals surface area contributed by atoms with Gasteiger partial charge in [-0.15, -0.1) is 6.58 Å². The zero-order valence-corrected chi connectivity index (χ0v) is 5.55. The maximum atomic E-state index is 5.05. The molecule has 0 radical (unpaired) electrons. The lowest BCUT2D eigenvalue weighted by Crippen LogP contribution is -2.15. The molecule has 2 heteroatoms. The van der Waals surface area contributed by atoms with Crippen molar-refractivity contribution >= 4 is 0 Å². The van der Waals surface area contributed by atoms with E-state index in [4.69, 9.17) is 4.74 Å². The van der Waals surface area contributed by atoms with Crippen LogP contribution in [-0.4, -0.2) is 32.3 Å². The third-order valence-corrected chi connectivity index (χ3v) is 0.585. The van der Waals surface area contributed by atoms with Crippen LogP contribution in [0.25, 0.3) is 0 Å². The maximum absolute atomic E-state index is 5.05. The molecule has 0 aromatic carbocycles. The van der Waals surface area contributed by atoms with E-state index in [0.29, 0.717) is 13.3 Å². The van der Waals surface area contributed by atoms with Crippen molar-refractivity contribution in [1.82, 2.24) is 4.90 Å². The van der Waals surface area contributed by atoms with Crippen LogP contribution in [0.5, 0.6) is 0 Å². The Morgan fingerprint density at radius 1 is 1.62 bits per heavy atom. The summed E-state index contributed by atoms with van der Waals surface area (Å²) in [6.07, 6.45) is 1.74. The predicted molar refractivity (Wildman–Crippen MR) is 34.7 cm³/mol. The summed E-state index contributed by atoms with van der Waals surface area (Å²) in [6, 6.07) is 0. The van der Waals surface area contributed by atoms with E-state index in [2.05, 4.69) is 6.58 Å². The SMILES string of the molecule is C=CCOCN(C)C. The Bertz CT molecular complexity index is 61.5. The van der Waals surface area contributed by atoms with Gasteiger partial charge in [0.05, 0.1) is 13.3 Å². The molecule has 0 aliphatic rings. The van der Waals surface area contributed by atoms with E-state index >= 15 is 0 Å². The molecule has 0 bridgehead atoms. The Morgan fingerprint density at radius 2 is 2.25 bits per heavy atom. The van der Waals surface area contributed by atoms with Crippen LogP contribution in [0, 0.1) is 0 Å². The zero-order valence-electron chi connectivity index (χ0n) is 5.55. The minimum absolute atomic E-state index is 0.637. The van der Waals surface area contributed by atoms with Gasteiger partial charge in [-0.25, -0.2) is 0 Å². The zero-order chi connectivity index (χ0) is 6.41. The molecule has 8 heavy (non-hydrogen) atoms. The monoisotopic (exact) mass is 115 g/mol. The second-order valence-electron chi connectivity index (χ2n) is 1.87. The van der Waals surface area contributed by atoms with E-state index in [-0.39, 0.29) is 0 Å². The van der Waals surface area contributed by atoms with E-state index in [9.17, 15) is 0 Å². The topological polar surface area (TPSA) is 12.5 Å². The lowest BCUT2D eigenvalue weighted by molar-refractivity contribution is 0.0751. The molecule has 0 aromatic rings. The van der Waals surface area contributed by atoms with Crippen molar-refractivity contribution in [3.63, 3.8) is 0 Å². The number of hydrogen-bond donors (Lipinski definition) is 0. The molecule has 0 rings (SSSR count). The van der Waals surface area contributed by atoms with Crippen molar-refractivity contribution in [2.75, 3.05) is 27.4 Å². The molecule has 0 heterocycles. The Labute approximate surface area is 50.7 Å². The summed E-state index contributed by atoms with van der Waals surface area (Å²) < 4.78 is 5.05. The van der Waals surface area contributed by atoms with Gasteiger partial charge in [-0.2, -0.15) is 0 Å². The van der Waals surface area contributed by atoms with Crippen molar-refractivity contribution in [3.8, 4) is 0 Å². The van der Waals surface area contributed by atoms with Crippen LogP contribution >= 0.6 is 0 Å². The predicted octanol–water partition coefficient (Wildman–Crippen LogP) is 0.708. The van der Waals surface area contributed by atoms with E-state index < -0.39 is 0 Å². The summed E-state index contributed by atoms with van der Waals surface area (Å²) in [5.41, 5.74) is 0. The third-order valence-electron chi connectivity index (χ3n) is 0.585. The lowest BCUT2D eigenvalue weighted by atomic mass is 10.7.